The van der Waals surface area contributed by atoms with E-state index < -0.39 is 0 Å². The van der Waals surface area contributed by atoms with Gasteiger partial charge in [0.15, 0.2) is 0 Å². The van der Waals surface area contributed by atoms with E-state index in [1.807, 2.05) is 4.68 Å². The number of nitrogens with zero attached hydrogens (tertiary/aromatic N) is 2. The van der Waals surface area contributed by atoms with Gasteiger partial charge in [-0.15, -0.1) is 0 Å². The van der Waals surface area contributed by atoms with Gasteiger partial charge in [-0.05, 0) is 39.5 Å². The molecular formula is C15H24N4O. The third kappa shape index (κ3) is 3.39. The van der Waals surface area contributed by atoms with Crippen LogP contribution < -0.4 is 10.6 Å². The van der Waals surface area contributed by atoms with Gasteiger partial charge in [0, 0.05) is 42.9 Å². The summed E-state index contributed by atoms with van der Waals surface area (Å²) in [6.07, 6.45) is 5.40. The van der Waals surface area contributed by atoms with Crippen molar-refractivity contribution in [3.05, 3.63) is 17.0 Å². The van der Waals surface area contributed by atoms with Crippen LogP contribution in [0, 0.1) is 13.8 Å². The Morgan fingerprint density at radius 3 is 2.60 bits per heavy atom. The summed E-state index contributed by atoms with van der Waals surface area (Å²) in [6, 6.07) is 1.16. The number of nitrogens with one attached hydrogen (secondary N) is 2. The zero-order chi connectivity index (χ0) is 14.1. The molecule has 3 rings (SSSR count). The van der Waals surface area contributed by atoms with Crippen LogP contribution in [0.15, 0.2) is 0 Å². The molecule has 0 unspecified atom stereocenters. The topological polar surface area (TPSA) is 59.0 Å². The monoisotopic (exact) mass is 276 g/mol. The molecule has 1 heterocycles. The summed E-state index contributed by atoms with van der Waals surface area (Å²) in [5, 5.41) is 11.1. The van der Waals surface area contributed by atoms with Crippen LogP contribution in [0.25, 0.3) is 0 Å². The summed E-state index contributed by atoms with van der Waals surface area (Å²) >= 11 is 0. The van der Waals surface area contributed by atoms with E-state index in [9.17, 15) is 4.79 Å². The van der Waals surface area contributed by atoms with Crippen LogP contribution >= 0.6 is 0 Å². The molecule has 0 radical (unpaired) electrons. The van der Waals surface area contributed by atoms with E-state index >= 15 is 0 Å². The Bertz CT molecular complexity index is 500. The van der Waals surface area contributed by atoms with Crippen LogP contribution in [0.4, 0.5) is 0 Å². The van der Waals surface area contributed by atoms with Gasteiger partial charge in [0.1, 0.15) is 0 Å². The van der Waals surface area contributed by atoms with Crippen molar-refractivity contribution in [3.8, 4) is 0 Å². The molecule has 110 valence electrons. The van der Waals surface area contributed by atoms with Gasteiger partial charge in [0.05, 0.1) is 5.69 Å². The maximum Gasteiger partial charge on any atom is 0.222 e. The molecule has 0 aliphatic heterocycles. The van der Waals surface area contributed by atoms with Gasteiger partial charge < -0.3 is 10.6 Å². The number of rotatable bonds is 7. The summed E-state index contributed by atoms with van der Waals surface area (Å²) in [7, 11) is 0. The third-order valence-electron chi connectivity index (χ3n) is 4.17. The second kappa shape index (κ2) is 5.56. The molecule has 2 saturated carbocycles. The second-order valence-corrected chi connectivity index (χ2v) is 6.12. The van der Waals surface area contributed by atoms with Gasteiger partial charge in [-0.3, -0.25) is 9.48 Å². The molecule has 2 fully saturated rings. The van der Waals surface area contributed by atoms with Gasteiger partial charge in [-0.2, -0.15) is 5.10 Å². The molecule has 0 spiro atoms. The van der Waals surface area contributed by atoms with Gasteiger partial charge in [0.25, 0.3) is 0 Å². The van der Waals surface area contributed by atoms with Crippen molar-refractivity contribution in [1.82, 2.24) is 20.4 Å². The van der Waals surface area contributed by atoms with Crippen molar-refractivity contribution >= 4 is 5.91 Å². The summed E-state index contributed by atoms with van der Waals surface area (Å²) in [5.74, 6) is 0.151. The number of amides is 1. The van der Waals surface area contributed by atoms with Crippen LogP contribution in [0.2, 0.25) is 0 Å². The maximum absolute atomic E-state index is 11.7. The molecular weight excluding hydrogens is 252 g/mol. The molecule has 5 heteroatoms. The number of aromatic nitrogens is 2. The zero-order valence-electron chi connectivity index (χ0n) is 12.4. The Kier molecular flexibility index (Phi) is 3.78. The average molecular weight is 276 g/mol. The van der Waals surface area contributed by atoms with Gasteiger partial charge >= 0.3 is 0 Å². The molecule has 1 amide bonds. The number of carbonyl (C=O) groups is 1. The van der Waals surface area contributed by atoms with E-state index in [2.05, 4.69) is 29.6 Å². The predicted molar refractivity (Wildman–Crippen MR) is 77.3 cm³/mol. The second-order valence-electron chi connectivity index (χ2n) is 6.12. The van der Waals surface area contributed by atoms with E-state index in [0.717, 1.165) is 25.1 Å². The average Bonchev–Trinajstić information content (AvgIpc) is 3.29. The summed E-state index contributed by atoms with van der Waals surface area (Å²) in [4.78, 5) is 11.7. The lowest BCUT2D eigenvalue weighted by Gasteiger charge is -2.07. The Morgan fingerprint density at radius 2 is 1.95 bits per heavy atom. The molecule has 1 aromatic heterocycles. The first-order valence-electron chi connectivity index (χ1n) is 7.69. The molecule has 0 saturated heterocycles. The molecule has 0 aromatic carbocycles. The minimum atomic E-state index is 0.151. The Hall–Kier alpha value is -1.36. The Morgan fingerprint density at radius 1 is 1.25 bits per heavy atom. The highest BCUT2D eigenvalue weighted by atomic mass is 16.1. The number of hydrogen-bond acceptors (Lipinski definition) is 3. The van der Waals surface area contributed by atoms with Crippen molar-refractivity contribution in [2.75, 3.05) is 0 Å². The van der Waals surface area contributed by atoms with Crippen LogP contribution in [-0.4, -0.2) is 27.8 Å². The minimum Gasteiger partial charge on any atom is -0.353 e. The first kappa shape index (κ1) is 13.6. The number of hydrogen-bond donors (Lipinski definition) is 2. The first-order valence-corrected chi connectivity index (χ1v) is 7.69. The predicted octanol–water partition coefficient (Wildman–Crippen LogP) is 1.42. The fourth-order valence-corrected chi connectivity index (χ4v) is 2.48. The van der Waals surface area contributed by atoms with E-state index in [1.54, 1.807) is 0 Å². The quantitative estimate of drug-likeness (QED) is 0.792. The van der Waals surface area contributed by atoms with Crippen molar-refractivity contribution in [2.45, 2.75) is 71.1 Å². The molecule has 2 aliphatic carbocycles. The highest BCUT2D eigenvalue weighted by molar-refractivity contribution is 5.76. The fraction of sp³-hybridized carbons (Fsp3) is 0.733. The van der Waals surface area contributed by atoms with Gasteiger partial charge in [-0.1, -0.05) is 0 Å². The standard InChI is InChI=1S/C15H24N4O/c1-10-14(9-16-12-3-4-12)11(2)19(18-10)8-7-15(20)17-13-5-6-13/h12-13,16H,3-9H2,1-2H3,(H,17,20). The maximum atomic E-state index is 11.7. The molecule has 0 atom stereocenters. The molecule has 5 nitrogen and oxygen atoms in total. The van der Waals surface area contributed by atoms with E-state index in [0.29, 0.717) is 25.0 Å². The zero-order valence-corrected chi connectivity index (χ0v) is 12.4. The lowest BCUT2D eigenvalue weighted by Crippen LogP contribution is -2.26. The Labute approximate surface area is 120 Å². The highest BCUT2D eigenvalue weighted by Gasteiger charge is 2.24. The van der Waals surface area contributed by atoms with E-state index in [-0.39, 0.29) is 5.91 Å². The van der Waals surface area contributed by atoms with Crippen LogP contribution in [0.1, 0.15) is 49.1 Å². The molecule has 2 N–H and O–H groups in total. The van der Waals surface area contributed by atoms with Crippen molar-refractivity contribution < 1.29 is 4.79 Å². The van der Waals surface area contributed by atoms with Gasteiger partial charge in [-0.25, -0.2) is 0 Å². The highest BCUT2D eigenvalue weighted by Crippen LogP contribution is 2.21. The van der Waals surface area contributed by atoms with Crippen molar-refractivity contribution in [1.29, 1.82) is 0 Å². The smallest absolute Gasteiger partial charge is 0.222 e. The van der Waals surface area contributed by atoms with Crippen LogP contribution in [0.3, 0.4) is 0 Å². The number of aryl methyl sites for hydroxylation is 2. The largest absolute Gasteiger partial charge is 0.353 e. The lowest BCUT2D eigenvalue weighted by molar-refractivity contribution is -0.121. The normalized spacial score (nSPS) is 18.3. The Balaban J connectivity index is 1.54. The lowest BCUT2D eigenvalue weighted by atomic mass is 10.2. The van der Waals surface area contributed by atoms with E-state index in [4.69, 9.17) is 0 Å². The molecule has 0 bridgehead atoms. The SMILES string of the molecule is Cc1nn(CCC(=O)NC2CC2)c(C)c1CNC1CC1. The summed E-state index contributed by atoms with van der Waals surface area (Å²) in [5.41, 5.74) is 3.56. The third-order valence-corrected chi connectivity index (χ3v) is 4.17. The molecule has 2 aliphatic rings. The first-order chi connectivity index (χ1) is 9.63. The molecule has 1 aromatic rings. The fourth-order valence-electron chi connectivity index (χ4n) is 2.48. The van der Waals surface area contributed by atoms with Crippen LogP contribution in [0.5, 0.6) is 0 Å². The molecule has 20 heavy (non-hydrogen) atoms. The summed E-state index contributed by atoms with van der Waals surface area (Å²) < 4.78 is 1.98. The minimum absolute atomic E-state index is 0.151. The van der Waals surface area contributed by atoms with E-state index in [1.165, 1.54) is 24.1 Å². The van der Waals surface area contributed by atoms with Crippen molar-refractivity contribution in [3.63, 3.8) is 0 Å². The van der Waals surface area contributed by atoms with Gasteiger partial charge in [0.2, 0.25) is 5.91 Å². The van der Waals surface area contributed by atoms with Crippen LogP contribution in [-0.2, 0) is 17.9 Å². The summed E-state index contributed by atoms with van der Waals surface area (Å²) in [6.45, 7) is 5.73. The number of carbonyl (C=O) groups excluding carboxylic acids is 1. The van der Waals surface area contributed by atoms with Crippen molar-refractivity contribution in [2.24, 2.45) is 0 Å².